The summed E-state index contributed by atoms with van der Waals surface area (Å²) in [6, 6.07) is 0. The molecule has 0 amide bonds. The van der Waals surface area contributed by atoms with Gasteiger partial charge in [-0.05, 0) is 19.8 Å². The van der Waals surface area contributed by atoms with Crippen LogP contribution in [-0.4, -0.2) is 9.55 Å². The smallest absolute Gasteiger partial charge is 0.114 e. The zero-order valence-electron chi connectivity index (χ0n) is 12.0. The fraction of sp³-hybridized carbons (Fsp3) is 0.800. The highest BCUT2D eigenvalue weighted by Gasteiger charge is 2.26. The Labute approximate surface area is 105 Å². The van der Waals surface area contributed by atoms with Gasteiger partial charge in [-0.1, -0.05) is 40.0 Å². The van der Waals surface area contributed by atoms with E-state index in [9.17, 15) is 0 Å². The second kappa shape index (κ2) is 4.47. The van der Waals surface area contributed by atoms with Crippen molar-refractivity contribution in [1.29, 1.82) is 0 Å². The molecular formula is C15H26N2. The molecule has 0 saturated heterocycles. The Morgan fingerprint density at radius 2 is 1.71 bits per heavy atom. The number of hydrogen-bond acceptors (Lipinski definition) is 1. The van der Waals surface area contributed by atoms with Crippen LogP contribution in [0.5, 0.6) is 0 Å². The van der Waals surface area contributed by atoms with Crippen molar-refractivity contribution in [2.45, 2.75) is 71.1 Å². The van der Waals surface area contributed by atoms with Crippen molar-refractivity contribution in [3.8, 4) is 0 Å². The standard InChI is InChI=1S/C15H26N2/c1-11-13(12-9-7-6-8-10-12)16-14(17(11)5)15(2,3)4/h12H,6-10H2,1-5H3. The molecule has 1 aliphatic carbocycles. The van der Waals surface area contributed by atoms with Crippen LogP contribution in [0.1, 0.15) is 76.0 Å². The van der Waals surface area contributed by atoms with E-state index < -0.39 is 0 Å². The van der Waals surface area contributed by atoms with Crippen LogP contribution in [0.25, 0.3) is 0 Å². The lowest BCUT2D eigenvalue weighted by Crippen LogP contribution is -2.17. The van der Waals surface area contributed by atoms with E-state index in [1.807, 2.05) is 0 Å². The van der Waals surface area contributed by atoms with E-state index in [-0.39, 0.29) is 5.41 Å². The summed E-state index contributed by atoms with van der Waals surface area (Å²) < 4.78 is 2.30. The predicted molar refractivity (Wildman–Crippen MR) is 72.5 cm³/mol. The van der Waals surface area contributed by atoms with Crippen LogP contribution in [0.4, 0.5) is 0 Å². The van der Waals surface area contributed by atoms with E-state index in [2.05, 4.69) is 39.3 Å². The molecule has 0 unspecified atom stereocenters. The molecule has 0 radical (unpaired) electrons. The van der Waals surface area contributed by atoms with Crippen molar-refractivity contribution in [3.05, 3.63) is 17.2 Å². The van der Waals surface area contributed by atoms with Crippen LogP contribution in [0.15, 0.2) is 0 Å². The second-order valence-corrected chi connectivity index (χ2v) is 6.55. The molecule has 0 N–H and O–H groups in total. The van der Waals surface area contributed by atoms with Gasteiger partial charge in [-0.2, -0.15) is 0 Å². The second-order valence-electron chi connectivity index (χ2n) is 6.55. The van der Waals surface area contributed by atoms with Crippen molar-refractivity contribution in [1.82, 2.24) is 9.55 Å². The molecule has 0 atom stereocenters. The molecule has 1 heterocycles. The number of hydrogen-bond donors (Lipinski definition) is 0. The van der Waals surface area contributed by atoms with E-state index in [1.54, 1.807) is 0 Å². The zero-order chi connectivity index (χ0) is 12.6. The molecule has 1 aromatic rings. The Morgan fingerprint density at radius 3 is 2.18 bits per heavy atom. The van der Waals surface area contributed by atoms with E-state index in [4.69, 9.17) is 4.98 Å². The van der Waals surface area contributed by atoms with E-state index >= 15 is 0 Å². The van der Waals surface area contributed by atoms with Crippen molar-refractivity contribution >= 4 is 0 Å². The highest BCUT2D eigenvalue weighted by molar-refractivity contribution is 5.23. The average molecular weight is 234 g/mol. The molecule has 1 aliphatic rings. The Balaban J connectivity index is 2.35. The first-order chi connectivity index (χ1) is 7.91. The minimum Gasteiger partial charge on any atom is -0.335 e. The van der Waals surface area contributed by atoms with Crippen molar-refractivity contribution < 1.29 is 0 Å². The Morgan fingerprint density at radius 1 is 1.12 bits per heavy atom. The quantitative estimate of drug-likeness (QED) is 0.716. The Kier molecular flexibility index (Phi) is 3.33. The summed E-state index contributed by atoms with van der Waals surface area (Å²) in [7, 11) is 2.16. The van der Waals surface area contributed by atoms with Gasteiger partial charge in [0.25, 0.3) is 0 Å². The van der Waals surface area contributed by atoms with Gasteiger partial charge in [0.05, 0.1) is 5.69 Å². The Bertz CT molecular complexity index is 390. The monoisotopic (exact) mass is 234 g/mol. The average Bonchev–Trinajstić information content (AvgIpc) is 2.57. The minimum absolute atomic E-state index is 0.145. The lowest BCUT2D eigenvalue weighted by atomic mass is 9.86. The van der Waals surface area contributed by atoms with Gasteiger partial charge >= 0.3 is 0 Å². The largest absolute Gasteiger partial charge is 0.335 e. The van der Waals surface area contributed by atoms with Gasteiger partial charge in [-0.25, -0.2) is 4.98 Å². The first-order valence-electron chi connectivity index (χ1n) is 6.95. The van der Waals surface area contributed by atoms with Gasteiger partial charge in [0.2, 0.25) is 0 Å². The maximum absolute atomic E-state index is 4.97. The molecule has 96 valence electrons. The molecule has 17 heavy (non-hydrogen) atoms. The molecule has 0 aromatic carbocycles. The molecule has 0 aliphatic heterocycles. The van der Waals surface area contributed by atoms with Gasteiger partial charge in [-0.3, -0.25) is 0 Å². The van der Waals surface area contributed by atoms with Crippen LogP contribution in [0.3, 0.4) is 0 Å². The molecular weight excluding hydrogens is 208 g/mol. The van der Waals surface area contributed by atoms with Gasteiger partial charge in [0.15, 0.2) is 0 Å². The zero-order valence-corrected chi connectivity index (χ0v) is 12.0. The van der Waals surface area contributed by atoms with Crippen molar-refractivity contribution in [2.75, 3.05) is 0 Å². The fourth-order valence-electron chi connectivity index (χ4n) is 3.03. The van der Waals surface area contributed by atoms with Crippen molar-refractivity contribution in [2.24, 2.45) is 7.05 Å². The van der Waals surface area contributed by atoms with Gasteiger partial charge in [0.1, 0.15) is 5.82 Å². The predicted octanol–water partition coefficient (Wildman–Crippen LogP) is 4.07. The van der Waals surface area contributed by atoms with Gasteiger partial charge in [-0.15, -0.1) is 0 Å². The summed E-state index contributed by atoms with van der Waals surface area (Å²) in [6.45, 7) is 8.98. The van der Waals surface area contributed by atoms with Crippen LogP contribution >= 0.6 is 0 Å². The third-order valence-electron chi connectivity index (χ3n) is 4.08. The lowest BCUT2D eigenvalue weighted by molar-refractivity contribution is 0.434. The first-order valence-corrected chi connectivity index (χ1v) is 6.95. The molecule has 2 heteroatoms. The number of rotatable bonds is 1. The summed E-state index contributed by atoms with van der Waals surface area (Å²) in [5.41, 5.74) is 2.89. The maximum Gasteiger partial charge on any atom is 0.114 e. The van der Waals surface area contributed by atoms with Crippen LogP contribution in [0, 0.1) is 6.92 Å². The summed E-state index contributed by atoms with van der Waals surface area (Å²) in [5.74, 6) is 1.95. The van der Waals surface area contributed by atoms with Crippen molar-refractivity contribution in [3.63, 3.8) is 0 Å². The highest BCUT2D eigenvalue weighted by Crippen LogP contribution is 2.35. The number of nitrogens with zero attached hydrogens (tertiary/aromatic N) is 2. The first kappa shape index (κ1) is 12.7. The van der Waals surface area contributed by atoms with E-state index in [0.29, 0.717) is 5.92 Å². The summed E-state index contributed by atoms with van der Waals surface area (Å²) >= 11 is 0. The lowest BCUT2D eigenvalue weighted by Gasteiger charge is -2.20. The molecule has 2 nitrogen and oxygen atoms in total. The molecule has 0 bridgehead atoms. The van der Waals surface area contributed by atoms with Crippen LogP contribution in [0.2, 0.25) is 0 Å². The van der Waals surface area contributed by atoms with E-state index in [1.165, 1.54) is 49.3 Å². The maximum atomic E-state index is 4.97. The molecule has 2 rings (SSSR count). The SMILES string of the molecule is Cc1c(C2CCCCC2)nc(C(C)(C)C)n1C. The summed E-state index contributed by atoms with van der Waals surface area (Å²) in [6.07, 6.45) is 6.84. The normalized spacial score (nSPS) is 18.6. The van der Waals surface area contributed by atoms with Gasteiger partial charge in [0, 0.05) is 24.1 Å². The summed E-state index contributed by atoms with van der Waals surface area (Å²) in [5, 5.41) is 0. The van der Waals surface area contributed by atoms with Crippen LogP contribution < -0.4 is 0 Å². The number of aromatic nitrogens is 2. The molecule has 1 saturated carbocycles. The van der Waals surface area contributed by atoms with Gasteiger partial charge < -0.3 is 4.57 Å². The Hall–Kier alpha value is -0.790. The topological polar surface area (TPSA) is 17.8 Å². The highest BCUT2D eigenvalue weighted by atomic mass is 15.1. The molecule has 1 aromatic heterocycles. The fourth-order valence-corrected chi connectivity index (χ4v) is 3.03. The molecule has 1 fully saturated rings. The molecule has 0 spiro atoms. The van der Waals surface area contributed by atoms with E-state index in [0.717, 1.165) is 0 Å². The third-order valence-corrected chi connectivity index (χ3v) is 4.08. The summed E-state index contributed by atoms with van der Waals surface area (Å²) in [4.78, 5) is 4.97. The van der Waals surface area contributed by atoms with Crippen LogP contribution in [-0.2, 0) is 12.5 Å². The number of imidazole rings is 1. The minimum atomic E-state index is 0.145. The third kappa shape index (κ3) is 2.41.